The number of thioether (sulfide) groups is 1. The predicted molar refractivity (Wildman–Crippen MR) is 94.6 cm³/mol. The van der Waals surface area contributed by atoms with Crippen LogP contribution in [-0.4, -0.2) is 33.1 Å². The molecule has 0 saturated carbocycles. The third kappa shape index (κ3) is 3.30. The molecule has 1 amide bonds. The molecule has 2 heterocycles. The van der Waals surface area contributed by atoms with Gasteiger partial charge in [0.1, 0.15) is 5.65 Å². The molecule has 2 aromatic heterocycles. The SMILES string of the molecule is Cc1cccn2c(=O)nc(SCC(=O)N(C)c3ccccc3)nc12. The lowest BCUT2D eigenvalue weighted by Crippen LogP contribution is -2.28. The van der Waals surface area contributed by atoms with Crippen LogP contribution in [0.15, 0.2) is 58.6 Å². The van der Waals surface area contributed by atoms with Crippen LogP contribution in [0.3, 0.4) is 0 Å². The molecule has 0 saturated heterocycles. The van der Waals surface area contributed by atoms with E-state index in [4.69, 9.17) is 0 Å². The van der Waals surface area contributed by atoms with Crippen LogP contribution in [0, 0.1) is 6.92 Å². The molecule has 0 radical (unpaired) electrons. The largest absolute Gasteiger partial charge is 0.355 e. The first-order chi connectivity index (χ1) is 11.6. The molecule has 0 aliphatic carbocycles. The number of para-hydroxylation sites is 1. The van der Waals surface area contributed by atoms with E-state index in [1.807, 2.05) is 43.3 Å². The minimum absolute atomic E-state index is 0.0835. The average molecular weight is 340 g/mol. The summed E-state index contributed by atoms with van der Waals surface area (Å²) in [5, 5.41) is 0.309. The van der Waals surface area contributed by atoms with Gasteiger partial charge in [0, 0.05) is 18.9 Å². The Bertz CT molecular complexity index is 940. The minimum atomic E-state index is -0.393. The van der Waals surface area contributed by atoms with Crippen molar-refractivity contribution in [1.29, 1.82) is 0 Å². The van der Waals surface area contributed by atoms with E-state index in [9.17, 15) is 9.59 Å². The fourth-order valence-corrected chi connectivity index (χ4v) is 2.98. The molecule has 3 aromatic rings. The van der Waals surface area contributed by atoms with E-state index in [2.05, 4.69) is 9.97 Å². The summed E-state index contributed by atoms with van der Waals surface area (Å²) in [5.74, 6) is 0.0761. The van der Waals surface area contributed by atoms with Crippen LogP contribution in [0.1, 0.15) is 5.56 Å². The van der Waals surface area contributed by atoms with Gasteiger partial charge in [0.2, 0.25) is 5.91 Å². The summed E-state index contributed by atoms with van der Waals surface area (Å²) in [7, 11) is 1.72. The van der Waals surface area contributed by atoms with Crippen molar-refractivity contribution >= 4 is 29.0 Å². The highest BCUT2D eigenvalue weighted by molar-refractivity contribution is 7.99. The highest BCUT2D eigenvalue weighted by Gasteiger charge is 2.13. The Morgan fingerprint density at radius 1 is 1.17 bits per heavy atom. The van der Waals surface area contributed by atoms with Crippen LogP contribution in [0.25, 0.3) is 5.65 Å². The molecular formula is C17H16N4O2S. The topological polar surface area (TPSA) is 67.6 Å². The molecule has 0 N–H and O–H groups in total. The van der Waals surface area contributed by atoms with Crippen molar-refractivity contribution in [3.05, 3.63) is 64.7 Å². The molecule has 0 unspecified atom stereocenters. The molecule has 24 heavy (non-hydrogen) atoms. The summed E-state index contributed by atoms with van der Waals surface area (Å²) in [5.41, 5.74) is 1.86. The average Bonchev–Trinajstić information content (AvgIpc) is 2.60. The Balaban J connectivity index is 1.77. The smallest absolute Gasteiger partial charge is 0.315 e. The lowest BCUT2D eigenvalue weighted by atomic mass is 10.3. The number of pyridine rings is 1. The van der Waals surface area contributed by atoms with Gasteiger partial charge in [-0.05, 0) is 30.7 Å². The van der Waals surface area contributed by atoms with Crippen molar-refractivity contribution in [2.24, 2.45) is 0 Å². The number of carbonyl (C=O) groups excluding carboxylic acids is 1. The summed E-state index contributed by atoms with van der Waals surface area (Å²) < 4.78 is 1.40. The fraction of sp³-hybridized carbons (Fsp3) is 0.176. The van der Waals surface area contributed by atoms with Gasteiger partial charge in [-0.2, -0.15) is 4.98 Å². The molecule has 6 nitrogen and oxygen atoms in total. The van der Waals surface area contributed by atoms with Crippen molar-refractivity contribution in [2.75, 3.05) is 17.7 Å². The monoisotopic (exact) mass is 340 g/mol. The third-order valence-corrected chi connectivity index (χ3v) is 4.44. The number of hydrogen-bond acceptors (Lipinski definition) is 5. The second-order valence-corrected chi connectivity index (χ2v) is 6.19. The van der Waals surface area contributed by atoms with Gasteiger partial charge in [0.25, 0.3) is 0 Å². The molecule has 0 atom stereocenters. The standard InChI is InChI=1S/C17H16N4O2S/c1-12-7-6-10-21-15(12)18-16(19-17(21)23)24-11-14(22)20(2)13-8-4-3-5-9-13/h3-10H,11H2,1-2H3. The van der Waals surface area contributed by atoms with E-state index in [0.717, 1.165) is 23.0 Å². The number of aryl methyl sites for hydroxylation is 1. The second kappa shape index (κ2) is 6.84. The van der Waals surface area contributed by atoms with Gasteiger partial charge in [0.05, 0.1) is 5.75 Å². The summed E-state index contributed by atoms with van der Waals surface area (Å²) >= 11 is 1.16. The van der Waals surface area contributed by atoms with Crippen molar-refractivity contribution in [3.8, 4) is 0 Å². The molecular weight excluding hydrogens is 324 g/mol. The molecule has 1 aromatic carbocycles. The Kier molecular flexibility index (Phi) is 4.61. The molecule has 3 rings (SSSR count). The number of rotatable bonds is 4. The van der Waals surface area contributed by atoms with Gasteiger partial charge in [-0.25, -0.2) is 9.78 Å². The first-order valence-electron chi connectivity index (χ1n) is 7.36. The van der Waals surface area contributed by atoms with Crippen molar-refractivity contribution in [1.82, 2.24) is 14.4 Å². The number of nitrogens with zero attached hydrogens (tertiary/aromatic N) is 4. The van der Waals surface area contributed by atoms with Gasteiger partial charge in [-0.3, -0.25) is 9.20 Å². The van der Waals surface area contributed by atoms with E-state index in [1.165, 1.54) is 4.40 Å². The van der Waals surface area contributed by atoms with E-state index in [1.54, 1.807) is 24.2 Å². The Morgan fingerprint density at radius 3 is 2.67 bits per heavy atom. The maximum atomic E-state index is 12.3. The van der Waals surface area contributed by atoms with E-state index in [0.29, 0.717) is 10.8 Å². The molecule has 0 fully saturated rings. The first-order valence-corrected chi connectivity index (χ1v) is 8.35. The zero-order valence-electron chi connectivity index (χ0n) is 13.3. The quantitative estimate of drug-likeness (QED) is 0.681. The lowest BCUT2D eigenvalue weighted by Gasteiger charge is -2.16. The summed E-state index contributed by atoms with van der Waals surface area (Å²) in [6.45, 7) is 1.88. The van der Waals surface area contributed by atoms with Crippen molar-refractivity contribution in [2.45, 2.75) is 12.1 Å². The normalized spacial score (nSPS) is 10.8. The molecule has 0 spiro atoms. The van der Waals surface area contributed by atoms with Crippen LogP contribution in [-0.2, 0) is 4.79 Å². The number of carbonyl (C=O) groups is 1. The van der Waals surface area contributed by atoms with Crippen LogP contribution in [0.4, 0.5) is 5.69 Å². The second-order valence-electron chi connectivity index (χ2n) is 5.25. The number of amides is 1. The van der Waals surface area contributed by atoms with Crippen molar-refractivity contribution in [3.63, 3.8) is 0 Å². The Hall–Kier alpha value is -2.67. The van der Waals surface area contributed by atoms with Crippen LogP contribution in [0.5, 0.6) is 0 Å². The van der Waals surface area contributed by atoms with Crippen LogP contribution < -0.4 is 10.6 Å². The van der Waals surface area contributed by atoms with Gasteiger partial charge in [0.15, 0.2) is 5.16 Å². The maximum Gasteiger partial charge on any atom is 0.355 e. The predicted octanol–water partition coefficient (Wildman–Crippen LogP) is 2.15. The van der Waals surface area contributed by atoms with E-state index < -0.39 is 5.69 Å². The number of anilines is 1. The third-order valence-electron chi connectivity index (χ3n) is 3.60. The molecule has 0 aliphatic rings. The van der Waals surface area contributed by atoms with Crippen molar-refractivity contribution < 1.29 is 4.79 Å². The van der Waals surface area contributed by atoms with Gasteiger partial charge in [-0.15, -0.1) is 0 Å². The van der Waals surface area contributed by atoms with Gasteiger partial charge < -0.3 is 4.90 Å². The molecule has 7 heteroatoms. The number of hydrogen-bond donors (Lipinski definition) is 0. The zero-order valence-corrected chi connectivity index (χ0v) is 14.2. The lowest BCUT2D eigenvalue weighted by molar-refractivity contribution is -0.115. The maximum absolute atomic E-state index is 12.3. The molecule has 0 bridgehead atoms. The molecule has 0 aliphatic heterocycles. The first kappa shape index (κ1) is 16.2. The van der Waals surface area contributed by atoms with Gasteiger partial charge >= 0.3 is 5.69 Å². The van der Waals surface area contributed by atoms with E-state index in [-0.39, 0.29) is 11.7 Å². The number of aromatic nitrogens is 3. The van der Waals surface area contributed by atoms with Crippen LogP contribution in [0.2, 0.25) is 0 Å². The number of fused-ring (bicyclic) bond motifs is 1. The fourth-order valence-electron chi connectivity index (χ4n) is 2.24. The highest BCUT2D eigenvalue weighted by Crippen LogP contribution is 2.17. The minimum Gasteiger partial charge on any atom is -0.315 e. The van der Waals surface area contributed by atoms with Crippen LogP contribution >= 0.6 is 11.8 Å². The summed E-state index contributed by atoms with van der Waals surface area (Å²) in [6.07, 6.45) is 1.63. The summed E-state index contributed by atoms with van der Waals surface area (Å²) in [6, 6.07) is 13.0. The summed E-state index contributed by atoms with van der Waals surface area (Å²) in [4.78, 5) is 34.2. The Morgan fingerprint density at radius 2 is 1.92 bits per heavy atom. The Labute approximate surface area is 143 Å². The number of benzene rings is 1. The zero-order chi connectivity index (χ0) is 17.1. The highest BCUT2D eigenvalue weighted by atomic mass is 32.2. The van der Waals surface area contributed by atoms with E-state index >= 15 is 0 Å². The molecule has 122 valence electrons. The van der Waals surface area contributed by atoms with Gasteiger partial charge in [-0.1, -0.05) is 36.0 Å².